The van der Waals surface area contributed by atoms with Crippen LogP contribution in [0.3, 0.4) is 0 Å². The number of benzene rings is 2. The summed E-state index contributed by atoms with van der Waals surface area (Å²) >= 11 is 18.5. The predicted octanol–water partition coefficient (Wildman–Crippen LogP) is 6.73. The number of halogens is 3. The van der Waals surface area contributed by atoms with E-state index in [0.717, 1.165) is 11.1 Å². The number of ketones is 1. The molecule has 0 N–H and O–H groups in total. The molecule has 1 aromatic heterocycles. The van der Waals surface area contributed by atoms with Crippen LogP contribution in [0.4, 0.5) is 0 Å². The first kappa shape index (κ1) is 18.3. The molecule has 0 fully saturated rings. The van der Waals surface area contributed by atoms with Crippen LogP contribution >= 0.6 is 34.8 Å². The van der Waals surface area contributed by atoms with E-state index in [-0.39, 0.29) is 11.9 Å². The monoisotopic (exact) mass is 417 g/mol. The number of Topliss-reactive ketones (excluding diaryl/α,β-unsaturated/α-hetero) is 1. The average Bonchev–Trinajstić information content (AvgIpc) is 2.61. The van der Waals surface area contributed by atoms with Gasteiger partial charge in [0.2, 0.25) is 5.88 Å². The van der Waals surface area contributed by atoms with E-state index in [1.165, 1.54) is 0 Å². The Labute approximate surface area is 171 Å². The molecule has 0 bridgehead atoms. The van der Waals surface area contributed by atoms with Crippen LogP contribution in [0.5, 0.6) is 5.88 Å². The van der Waals surface area contributed by atoms with Gasteiger partial charge in [-0.15, -0.1) is 0 Å². The Kier molecular flexibility index (Phi) is 4.85. The molecule has 136 valence electrons. The van der Waals surface area contributed by atoms with E-state index in [0.29, 0.717) is 44.2 Å². The summed E-state index contributed by atoms with van der Waals surface area (Å²) in [5, 5.41) is 1.64. The smallest absolute Gasteiger partial charge is 0.225 e. The summed E-state index contributed by atoms with van der Waals surface area (Å²) in [6.45, 7) is 1.85. The first-order valence-electron chi connectivity index (χ1n) is 8.38. The fourth-order valence-electron chi connectivity index (χ4n) is 3.13. The Bertz CT molecular complexity index is 1050. The molecule has 6 heteroatoms. The minimum Gasteiger partial charge on any atom is -0.474 e. The summed E-state index contributed by atoms with van der Waals surface area (Å²) in [5.41, 5.74) is 3.47. The largest absolute Gasteiger partial charge is 0.474 e. The lowest BCUT2D eigenvalue weighted by Crippen LogP contribution is -2.25. The fraction of sp³-hybridized carbons (Fsp3) is 0.143. The minimum absolute atomic E-state index is 0.0141. The molecule has 1 atom stereocenters. The molecule has 4 rings (SSSR count). The molecule has 0 amide bonds. The SMILES string of the molecule is CC1CC(=O)c2cc(-c3ccc(Cl)cc3)c(-c3ccc(Cl)cc3Cl)nc2O1. The molecule has 1 unspecified atom stereocenters. The van der Waals surface area contributed by atoms with Gasteiger partial charge in [-0.2, -0.15) is 0 Å². The van der Waals surface area contributed by atoms with Crippen LogP contribution in [0.1, 0.15) is 23.7 Å². The molecule has 2 heterocycles. The van der Waals surface area contributed by atoms with Gasteiger partial charge in [0, 0.05) is 27.6 Å². The van der Waals surface area contributed by atoms with Crippen LogP contribution in [0.15, 0.2) is 48.5 Å². The van der Waals surface area contributed by atoms with Crippen LogP contribution in [-0.2, 0) is 0 Å². The highest BCUT2D eigenvalue weighted by molar-refractivity contribution is 6.36. The fourth-order valence-corrected chi connectivity index (χ4v) is 3.75. The van der Waals surface area contributed by atoms with Crippen molar-refractivity contribution >= 4 is 40.6 Å². The molecule has 3 aromatic rings. The van der Waals surface area contributed by atoms with Gasteiger partial charge in [0.15, 0.2) is 5.78 Å². The van der Waals surface area contributed by atoms with Gasteiger partial charge in [0.25, 0.3) is 0 Å². The number of hydrogen-bond donors (Lipinski definition) is 0. The third-order valence-corrected chi connectivity index (χ3v) is 5.21. The molecule has 0 radical (unpaired) electrons. The van der Waals surface area contributed by atoms with Crippen molar-refractivity contribution in [3.05, 3.63) is 69.2 Å². The van der Waals surface area contributed by atoms with E-state index in [2.05, 4.69) is 4.98 Å². The van der Waals surface area contributed by atoms with Crippen LogP contribution in [-0.4, -0.2) is 16.9 Å². The number of aromatic nitrogens is 1. The van der Waals surface area contributed by atoms with Crippen LogP contribution in [0.25, 0.3) is 22.4 Å². The summed E-state index contributed by atoms with van der Waals surface area (Å²) in [5.74, 6) is 0.345. The highest BCUT2D eigenvalue weighted by atomic mass is 35.5. The van der Waals surface area contributed by atoms with Gasteiger partial charge in [-0.25, -0.2) is 4.98 Å². The Morgan fingerprint density at radius 2 is 1.63 bits per heavy atom. The van der Waals surface area contributed by atoms with Crippen molar-refractivity contribution in [3.63, 3.8) is 0 Å². The standard InChI is InChI=1S/C21H14Cl3NO2/c1-11-8-19(26)17-10-16(12-2-4-13(22)5-3-12)20(25-21(17)27-11)15-7-6-14(23)9-18(15)24/h2-7,9-11H,8H2,1H3. The van der Waals surface area contributed by atoms with Crippen LogP contribution in [0.2, 0.25) is 15.1 Å². The van der Waals surface area contributed by atoms with Crippen molar-refractivity contribution in [1.82, 2.24) is 4.98 Å². The van der Waals surface area contributed by atoms with E-state index >= 15 is 0 Å². The van der Waals surface area contributed by atoms with Crippen molar-refractivity contribution < 1.29 is 9.53 Å². The Hall–Kier alpha value is -2.07. The van der Waals surface area contributed by atoms with Crippen molar-refractivity contribution in [2.75, 3.05) is 0 Å². The minimum atomic E-state index is -0.215. The molecule has 1 aliphatic rings. The maximum Gasteiger partial charge on any atom is 0.225 e. The van der Waals surface area contributed by atoms with Gasteiger partial charge in [-0.1, -0.05) is 46.9 Å². The number of carbonyl (C=O) groups is 1. The summed E-state index contributed by atoms with van der Waals surface area (Å²) in [4.78, 5) is 17.2. The third-order valence-electron chi connectivity index (χ3n) is 4.42. The van der Waals surface area contributed by atoms with Crippen LogP contribution < -0.4 is 4.74 Å². The van der Waals surface area contributed by atoms with Crippen molar-refractivity contribution in [3.8, 4) is 28.3 Å². The van der Waals surface area contributed by atoms with Gasteiger partial charge in [0.05, 0.1) is 16.3 Å². The first-order chi connectivity index (χ1) is 12.9. The van der Waals surface area contributed by atoms with E-state index in [9.17, 15) is 4.79 Å². The maximum absolute atomic E-state index is 12.5. The lowest BCUT2D eigenvalue weighted by molar-refractivity contribution is 0.0862. The molecule has 0 saturated heterocycles. The summed E-state index contributed by atoms with van der Waals surface area (Å²) in [7, 11) is 0. The second-order valence-electron chi connectivity index (χ2n) is 6.42. The third kappa shape index (κ3) is 3.55. The lowest BCUT2D eigenvalue weighted by Gasteiger charge is -2.23. The number of carbonyl (C=O) groups excluding carboxylic acids is 1. The van der Waals surface area contributed by atoms with Gasteiger partial charge < -0.3 is 4.74 Å². The number of pyridine rings is 1. The van der Waals surface area contributed by atoms with E-state index < -0.39 is 0 Å². The molecular formula is C21H14Cl3NO2. The average molecular weight is 419 g/mol. The van der Waals surface area contributed by atoms with Gasteiger partial charge in [-0.05, 0) is 48.9 Å². The topological polar surface area (TPSA) is 39.2 Å². The highest BCUT2D eigenvalue weighted by Crippen LogP contribution is 2.40. The zero-order valence-corrected chi connectivity index (χ0v) is 16.6. The second-order valence-corrected chi connectivity index (χ2v) is 7.70. The molecular weight excluding hydrogens is 405 g/mol. The Morgan fingerprint density at radius 3 is 2.33 bits per heavy atom. The van der Waals surface area contributed by atoms with E-state index in [4.69, 9.17) is 39.5 Å². The number of rotatable bonds is 2. The highest BCUT2D eigenvalue weighted by Gasteiger charge is 2.28. The molecule has 0 spiro atoms. The van der Waals surface area contributed by atoms with Crippen LogP contribution in [0, 0.1) is 0 Å². The Balaban J connectivity index is 1.99. The summed E-state index contributed by atoms with van der Waals surface area (Å²) in [6, 6.07) is 14.4. The predicted molar refractivity (Wildman–Crippen MR) is 109 cm³/mol. The normalized spacial score (nSPS) is 16.0. The zero-order valence-electron chi connectivity index (χ0n) is 14.3. The summed E-state index contributed by atoms with van der Waals surface area (Å²) in [6.07, 6.45) is 0.114. The molecule has 0 aliphatic carbocycles. The molecule has 27 heavy (non-hydrogen) atoms. The zero-order chi connectivity index (χ0) is 19.1. The molecule has 1 aliphatic heterocycles. The van der Waals surface area contributed by atoms with Gasteiger partial charge in [0.1, 0.15) is 6.10 Å². The molecule has 0 saturated carbocycles. The van der Waals surface area contributed by atoms with Gasteiger partial charge >= 0.3 is 0 Å². The quantitative estimate of drug-likeness (QED) is 0.463. The Morgan fingerprint density at radius 1 is 0.926 bits per heavy atom. The first-order valence-corrected chi connectivity index (χ1v) is 9.52. The summed E-state index contributed by atoms with van der Waals surface area (Å²) < 4.78 is 5.82. The molecule has 2 aromatic carbocycles. The number of nitrogens with zero attached hydrogens (tertiary/aromatic N) is 1. The van der Waals surface area contributed by atoms with Crippen molar-refractivity contribution in [2.24, 2.45) is 0 Å². The van der Waals surface area contributed by atoms with Crippen molar-refractivity contribution in [1.29, 1.82) is 0 Å². The van der Waals surface area contributed by atoms with Gasteiger partial charge in [-0.3, -0.25) is 4.79 Å². The number of fused-ring (bicyclic) bond motifs is 1. The number of ether oxygens (including phenoxy) is 1. The van der Waals surface area contributed by atoms with E-state index in [1.54, 1.807) is 24.3 Å². The number of hydrogen-bond acceptors (Lipinski definition) is 3. The second kappa shape index (κ2) is 7.16. The maximum atomic E-state index is 12.5. The lowest BCUT2D eigenvalue weighted by atomic mass is 9.94. The van der Waals surface area contributed by atoms with E-state index in [1.807, 2.05) is 31.2 Å². The molecule has 3 nitrogen and oxygen atoms in total. The van der Waals surface area contributed by atoms with Crippen molar-refractivity contribution in [2.45, 2.75) is 19.4 Å².